The fourth-order valence-electron chi connectivity index (χ4n) is 2.55. The third-order valence-electron chi connectivity index (χ3n) is 3.58. The molecule has 2 heterocycles. The van der Waals surface area contributed by atoms with Crippen LogP contribution in [-0.2, 0) is 6.54 Å². The Bertz CT molecular complexity index is 419. The third kappa shape index (κ3) is 3.88. The van der Waals surface area contributed by atoms with Gasteiger partial charge in [0.2, 0.25) is 0 Å². The van der Waals surface area contributed by atoms with Gasteiger partial charge in [-0.3, -0.25) is 4.79 Å². The molecule has 2 rings (SSSR count). The van der Waals surface area contributed by atoms with Crippen molar-refractivity contribution in [2.24, 2.45) is 0 Å². The van der Waals surface area contributed by atoms with Gasteiger partial charge in [-0.05, 0) is 45.0 Å². The summed E-state index contributed by atoms with van der Waals surface area (Å²) in [4.78, 5) is 14.1. The van der Waals surface area contributed by atoms with Gasteiger partial charge in [-0.15, -0.1) is 0 Å². The number of rotatable bonds is 4. The monoisotopic (exact) mass is 249 g/mol. The molecule has 0 amide bonds. The SMILES string of the molecule is Nc1ccc(=O)n(CCCN2CCCCCC2)c1. The van der Waals surface area contributed by atoms with E-state index in [1.165, 1.54) is 38.8 Å². The van der Waals surface area contributed by atoms with Crippen molar-refractivity contribution in [1.29, 1.82) is 0 Å². The Balaban J connectivity index is 1.80. The molecule has 0 aliphatic carbocycles. The van der Waals surface area contributed by atoms with E-state index >= 15 is 0 Å². The number of aromatic nitrogens is 1. The Hall–Kier alpha value is -1.29. The molecule has 4 nitrogen and oxygen atoms in total. The quantitative estimate of drug-likeness (QED) is 0.883. The molecule has 0 spiro atoms. The number of anilines is 1. The van der Waals surface area contributed by atoms with E-state index in [9.17, 15) is 4.79 Å². The van der Waals surface area contributed by atoms with Gasteiger partial charge in [-0.25, -0.2) is 0 Å². The lowest BCUT2D eigenvalue weighted by Crippen LogP contribution is -2.28. The van der Waals surface area contributed by atoms with Gasteiger partial charge in [0.1, 0.15) is 0 Å². The number of nitrogens with two attached hydrogens (primary N) is 1. The lowest BCUT2D eigenvalue weighted by Gasteiger charge is -2.19. The first-order valence-corrected chi connectivity index (χ1v) is 6.94. The second-order valence-electron chi connectivity index (χ2n) is 5.10. The molecule has 0 atom stereocenters. The third-order valence-corrected chi connectivity index (χ3v) is 3.58. The van der Waals surface area contributed by atoms with Crippen LogP contribution in [0.15, 0.2) is 23.1 Å². The van der Waals surface area contributed by atoms with Crippen molar-refractivity contribution >= 4 is 5.69 Å². The fraction of sp³-hybridized carbons (Fsp3) is 0.643. The second kappa shape index (κ2) is 6.59. The first-order chi connectivity index (χ1) is 8.75. The summed E-state index contributed by atoms with van der Waals surface area (Å²) in [6.45, 7) is 4.28. The van der Waals surface area contributed by atoms with E-state index in [4.69, 9.17) is 5.73 Å². The van der Waals surface area contributed by atoms with Gasteiger partial charge in [-0.1, -0.05) is 12.8 Å². The van der Waals surface area contributed by atoms with E-state index in [0.717, 1.165) is 19.5 Å². The Kier molecular flexibility index (Phi) is 4.81. The first kappa shape index (κ1) is 13.1. The number of nitrogen functional groups attached to an aromatic ring is 1. The van der Waals surface area contributed by atoms with Crippen molar-refractivity contribution in [3.8, 4) is 0 Å². The van der Waals surface area contributed by atoms with Crippen LogP contribution in [0.5, 0.6) is 0 Å². The summed E-state index contributed by atoms with van der Waals surface area (Å²) < 4.78 is 1.72. The molecule has 0 saturated carbocycles. The Morgan fingerprint density at radius 2 is 1.78 bits per heavy atom. The number of aryl methyl sites for hydroxylation is 1. The van der Waals surface area contributed by atoms with Crippen LogP contribution in [0.1, 0.15) is 32.1 Å². The minimum atomic E-state index is 0.0417. The number of hydrogen-bond acceptors (Lipinski definition) is 3. The van der Waals surface area contributed by atoms with E-state index in [1.54, 1.807) is 22.9 Å². The van der Waals surface area contributed by atoms with E-state index in [2.05, 4.69) is 4.90 Å². The van der Waals surface area contributed by atoms with Gasteiger partial charge >= 0.3 is 0 Å². The predicted octanol–water partition coefficient (Wildman–Crippen LogP) is 1.70. The summed E-state index contributed by atoms with van der Waals surface area (Å²) in [5.41, 5.74) is 6.39. The molecule has 2 N–H and O–H groups in total. The van der Waals surface area contributed by atoms with Crippen LogP contribution in [0.2, 0.25) is 0 Å². The molecule has 18 heavy (non-hydrogen) atoms. The van der Waals surface area contributed by atoms with Gasteiger partial charge in [0.15, 0.2) is 0 Å². The average Bonchev–Trinajstić information content (AvgIpc) is 2.62. The summed E-state index contributed by atoms with van der Waals surface area (Å²) in [6, 6.07) is 3.20. The highest BCUT2D eigenvalue weighted by atomic mass is 16.1. The van der Waals surface area contributed by atoms with Crippen molar-refractivity contribution in [2.75, 3.05) is 25.4 Å². The van der Waals surface area contributed by atoms with Crippen molar-refractivity contribution in [1.82, 2.24) is 9.47 Å². The summed E-state index contributed by atoms with van der Waals surface area (Å²) >= 11 is 0. The molecule has 1 aromatic heterocycles. The summed E-state index contributed by atoms with van der Waals surface area (Å²) in [6.07, 6.45) is 8.13. The van der Waals surface area contributed by atoms with Crippen molar-refractivity contribution in [2.45, 2.75) is 38.6 Å². The second-order valence-corrected chi connectivity index (χ2v) is 5.10. The topological polar surface area (TPSA) is 51.3 Å². The molecule has 1 saturated heterocycles. The maximum absolute atomic E-state index is 11.6. The minimum absolute atomic E-state index is 0.0417. The lowest BCUT2D eigenvalue weighted by atomic mass is 10.2. The van der Waals surface area contributed by atoms with Crippen LogP contribution < -0.4 is 11.3 Å². The lowest BCUT2D eigenvalue weighted by molar-refractivity contribution is 0.275. The van der Waals surface area contributed by atoms with Crippen molar-refractivity contribution in [3.05, 3.63) is 28.7 Å². The molecule has 0 unspecified atom stereocenters. The van der Waals surface area contributed by atoms with Crippen LogP contribution in [0.25, 0.3) is 0 Å². The summed E-state index contributed by atoms with van der Waals surface area (Å²) in [7, 11) is 0. The maximum Gasteiger partial charge on any atom is 0.250 e. The highest BCUT2D eigenvalue weighted by Gasteiger charge is 2.08. The summed E-state index contributed by atoms with van der Waals surface area (Å²) in [5.74, 6) is 0. The number of likely N-dealkylation sites (tertiary alicyclic amines) is 1. The summed E-state index contributed by atoms with van der Waals surface area (Å²) in [5, 5.41) is 0. The molecule has 1 aromatic rings. The Labute approximate surface area is 108 Å². The standard InChI is InChI=1S/C14H23N3O/c15-13-6-7-14(18)17(12-13)11-5-10-16-8-3-1-2-4-9-16/h6-7,12H,1-5,8-11,15H2. The van der Waals surface area contributed by atoms with Crippen LogP contribution in [-0.4, -0.2) is 29.1 Å². The number of pyridine rings is 1. The van der Waals surface area contributed by atoms with Gasteiger partial charge < -0.3 is 15.2 Å². The average molecular weight is 249 g/mol. The Morgan fingerprint density at radius 1 is 1.06 bits per heavy atom. The van der Waals surface area contributed by atoms with Crippen molar-refractivity contribution < 1.29 is 0 Å². The first-order valence-electron chi connectivity index (χ1n) is 6.94. The highest BCUT2D eigenvalue weighted by molar-refractivity contribution is 5.33. The van der Waals surface area contributed by atoms with Gasteiger partial charge in [0, 0.05) is 24.5 Å². The van der Waals surface area contributed by atoms with Crippen LogP contribution in [0.3, 0.4) is 0 Å². The molecule has 1 aliphatic heterocycles. The molecule has 0 radical (unpaired) electrons. The maximum atomic E-state index is 11.6. The fourth-order valence-corrected chi connectivity index (χ4v) is 2.55. The van der Waals surface area contributed by atoms with Crippen molar-refractivity contribution in [3.63, 3.8) is 0 Å². The van der Waals surface area contributed by atoms with E-state index in [1.807, 2.05) is 0 Å². The molecule has 1 aliphatic rings. The van der Waals surface area contributed by atoms with Crippen LogP contribution in [0, 0.1) is 0 Å². The minimum Gasteiger partial charge on any atom is -0.398 e. The highest BCUT2D eigenvalue weighted by Crippen LogP contribution is 2.10. The molecular formula is C14H23N3O. The molecule has 100 valence electrons. The van der Waals surface area contributed by atoms with E-state index in [-0.39, 0.29) is 5.56 Å². The number of hydrogen-bond donors (Lipinski definition) is 1. The van der Waals surface area contributed by atoms with E-state index < -0.39 is 0 Å². The molecule has 1 fully saturated rings. The van der Waals surface area contributed by atoms with E-state index in [0.29, 0.717) is 5.69 Å². The van der Waals surface area contributed by atoms with Gasteiger partial charge in [-0.2, -0.15) is 0 Å². The van der Waals surface area contributed by atoms with Gasteiger partial charge in [0.25, 0.3) is 5.56 Å². The zero-order valence-electron chi connectivity index (χ0n) is 11.0. The Morgan fingerprint density at radius 3 is 2.50 bits per heavy atom. The molecule has 0 aromatic carbocycles. The molecular weight excluding hydrogens is 226 g/mol. The molecule has 4 heteroatoms. The number of nitrogens with zero attached hydrogens (tertiary/aromatic N) is 2. The molecule has 0 bridgehead atoms. The largest absolute Gasteiger partial charge is 0.398 e. The van der Waals surface area contributed by atoms with Crippen LogP contribution in [0.4, 0.5) is 5.69 Å². The smallest absolute Gasteiger partial charge is 0.250 e. The zero-order valence-corrected chi connectivity index (χ0v) is 11.0. The predicted molar refractivity (Wildman–Crippen MR) is 74.6 cm³/mol. The normalized spacial score (nSPS) is 17.6. The van der Waals surface area contributed by atoms with Crippen LogP contribution >= 0.6 is 0 Å². The van der Waals surface area contributed by atoms with Gasteiger partial charge in [0.05, 0.1) is 0 Å². The zero-order chi connectivity index (χ0) is 12.8.